The van der Waals surface area contributed by atoms with Gasteiger partial charge in [0.1, 0.15) is 13.2 Å². The fraction of sp³-hybridized carbons (Fsp3) is 0.949. The summed E-state index contributed by atoms with van der Waals surface area (Å²) in [5.41, 5.74) is 0. The maximum atomic E-state index is 12.9. The second-order valence-corrected chi connectivity index (χ2v) is 21.5. The molecule has 0 fully saturated rings. The summed E-state index contributed by atoms with van der Waals surface area (Å²) in [7, 11) is 0. The van der Waals surface area contributed by atoms with Crippen LogP contribution in [-0.2, 0) is 28.6 Å². The van der Waals surface area contributed by atoms with Crippen molar-refractivity contribution in [2.24, 2.45) is 17.8 Å². The molecule has 1 unspecified atom stereocenters. The Labute approximate surface area is 406 Å². The van der Waals surface area contributed by atoms with Crippen LogP contribution in [0.25, 0.3) is 0 Å². The topological polar surface area (TPSA) is 78.9 Å². The highest BCUT2D eigenvalue weighted by molar-refractivity contribution is 5.71. The molecule has 0 aliphatic carbocycles. The predicted octanol–water partition coefficient (Wildman–Crippen LogP) is 19.1. The van der Waals surface area contributed by atoms with Gasteiger partial charge in [-0.1, -0.05) is 286 Å². The van der Waals surface area contributed by atoms with Crippen LogP contribution in [0.1, 0.15) is 324 Å². The van der Waals surface area contributed by atoms with E-state index in [1.165, 1.54) is 205 Å². The zero-order chi connectivity index (χ0) is 47.7. The van der Waals surface area contributed by atoms with E-state index >= 15 is 0 Å². The van der Waals surface area contributed by atoms with E-state index in [9.17, 15) is 14.4 Å². The molecule has 6 nitrogen and oxygen atoms in total. The van der Waals surface area contributed by atoms with Crippen LogP contribution < -0.4 is 0 Å². The molecular weight excluding hydrogens is 805 g/mol. The highest BCUT2D eigenvalue weighted by atomic mass is 16.6. The van der Waals surface area contributed by atoms with Crippen LogP contribution in [0, 0.1) is 17.8 Å². The van der Waals surface area contributed by atoms with Crippen LogP contribution in [0.15, 0.2) is 0 Å². The van der Waals surface area contributed by atoms with E-state index in [4.69, 9.17) is 14.2 Å². The lowest BCUT2D eigenvalue weighted by Gasteiger charge is -2.18. The molecule has 0 aromatic rings. The molecule has 0 spiro atoms. The van der Waals surface area contributed by atoms with Crippen LogP contribution >= 0.6 is 0 Å². The maximum Gasteiger partial charge on any atom is 0.306 e. The minimum atomic E-state index is -0.764. The van der Waals surface area contributed by atoms with Crippen molar-refractivity contribution in [1.82, 2.24) is 0 Å². The number of carbonyl (C=O) groups excluding carboxylic acids is 3. The summed E-state index contributed by atoms with van der Waals surface area (Å²) >= 11 is 0. The van der Waals surface area contributed by atoms with Crippen molar-refractivity contribution >= 4 is 17.9 Å². The van der Waals surface area contributed by atoms with Crippen molar-refractivity contribution in [3.05, 3.63) is 0 Å². The molecule has 386 valence electrons. The summed E-state index contributed by atoms with van der Waals surface area (Å²) < 4.78 is 16.9. The quantitative estimate of drug-likeness (QED) is 0.0344. The monoisotopic (exact) mass is 919 g/mol. The van der Waals surface area contributed by atoms with Crippen LogP contribution in [0.4, 0.5) is 0 Å². The molecular formula is C59H114O6. The van der Waals surface area contributed by atoms with Gasteiger partial charge in [-0.2, -0.15) is 0 Å². The van der Waals surface area contributed by atoms with Crippen molar-refractivity contribution < 1.29 is 28.6 Å². The lowest BCUT2D eigenvalue weighted by molar-refractivity contribution is -0.167. The van der Waals surface area contributed by atoms with E-state index in [1.54, 1.807) is 0 Å². The summed E-state index contributed by atoms with van der Waals surface area (Å²) in [6, 6.07) is 0. The van der Waals surface area contributed by atoms with Crippen molar-refractivity contribution in [2.45, 2.75) is 330 Å². The lowest BCUT2D eigenvalue weighted by atomic mass is 9.99. The number of rotatable bonds is 52. The third kappa shape index (κ3) is 51.6. The molecule has 0 bridgehead atoms. The largest absolute Gasteiger partial charge is 0.462 e. The second-order valence-electron chi connectivity index (χ2n) is 21.5. The average Bonchev–Trinajstić information content (AvgIpc) is 3.28. The minimum absolute atomic E-state index is 0.0638. The maximum absolute atomic E-state index is 12.9. The molecule has 65 heavy (non-hydrogen) atoms. The number of hydrogen-bond donors (Lipinski definition) is 0. The van der Waals surface area contributed by atoms with E-state index in [2.05, 4.69) is 41.5 Å². The van der Waals surface area contributed by atoms with E-state index in [0.717, 1.165) is 75.5 Å². The van der Waals surface area contributed by atoms with E-state index < -0.39 is 6.10 Å². The van der Waals surface area contributed by atoms with Gasteiger partial charge in [0.2, 0.25) is 0 Å². The predicted molar refractivity (Wildman–Crippen MR) is 279 cm³/mol. The molecule has 0 aliphatic heterocycles. The lowest BCUT2D eigenvalue weighted by Crippen LogP contribution is -2.30. The third-order valence-electron chi connectivity index (χ3n) is 13.8. The number of hydrogen-bond acceptors (Lipinski definition) is 6. The molecule has 2 atom stereocenters. The van der Waals surface area contributed by atoms with Crippen molar-refractivity contribution in [1.29, 1.82) is 0 Å². The number of esters is 3. The van der Waals surface area contributed by atoms with Crippen LogP contribution in [0.2, 0.25) is 0 Å². The fourth-order valence-electron chi connectivity index (χ4n) is 8.97. The first-order valence-corrected chi connectivity index (χ1v) is 29.1. The highest BCUT2D eigenvalue weighted by Crippen LogP contribution is 2.19. The molecule has 6 heteroatoms. The molecule has 0 heterocycles. The first-order valence-electron chi connectivity index (χ1n) is 29.1. The van der Waals surface area contributed by atoms with Gasteiger partial charge in [-0.25, -0.2) is 0 Å². The summed E-state index contributed by atoms with van der Waals surface area (Å²) in [5, 5.41) is 0. The van der Waals surface area contributed by atoms with Crippen LogP contribution in [-0.4, -0.2) is 37.2 Å². The Hall–Kier alpha value is -1.59. The molecule has 0 saturated heterocycles. The molecule has 0 N–H and O–H groups in total. The summed E-state index contributed by atoms with van der Waals surface area (Å²) in [6.45, 7) is 13.8. The minimum Gasteiger partial charge on any atom is -0.462 e. The number of unbranched alkanes of at least 4 members (excludes halogenated alkanes) is 34. The summed E-state index contributed by atoms with van der Waals surface area (Å²) in [6.07, 6.45) is 52.4. The Morgan fingerprint density at radius 3 is 0.800 bits per heavy atom. The zero-order valence-corrected chi connectivity index (χ0v) is 44.8. The van der Waals surface area contributed by atoms with Gasteiger partial charge in [-0.05, 0) is 37.0 Å². The molecule has 0 saturated carbocycles. The van der Waals surface area contributed by atoms with Crippen molar-refractivity contribution in [3.63, 3.8) is 0 Å². The highest BCUT2D eigenvalue weighted by Gasteiger charge is 2.19. The number of carbonyl (C=O) groups is 3. The Morgan fingerprint density at radius 2 is 0.538 bits per heavy atom. The van der Waals surface area contributed by atoms with Gasteiger partial charge in [0.05, 0.1) is 0 Å². The standard InChI is InChI=1S/C59H114O6/c1-7-55(6)47-41-35-29-22-18-14-11-12-15-19-23-30-36-42-48-57(60)63-51-56(52-64-58(61)49-43-37-31-26-25-28-34-40-46-54(4)5)65-59(62)50-44-38-32-24-20-16-10-8-9-13-17-21-27-33-39-45-53(2)3/h53-56H,7-52H2,1-6H3/t55?,56-/m0/s1. The third-order valence-corrected chi connectivity index (χ3v) is 13.8. The van der Waals surface area contributed by atoms with Crippen molar-refractivity contribution in [2.75, 3.05) is 13.2 Å². The van der Waals surface area contributed by atoms with E-state index in [-0.39, 0.29) is 31.1 Å². The van der Waals surface area contributed by atoms with Crippen LogP contribution in [0.5, 0.6) is 0 Å². The first kappa shape index (κ1) is 63.4. The van der Waals surface area contributed by atoms with Gasteiger partial charge in [-0.3, -0.25) is 14.4 Å². The molecule has 0 aliphatic rings. The smallest absolute Gasteiger partial charge is 0.306 e. The zero-order valence-electron chi connectivity index (χ0n) is 44.8. The van der Waals surface area contributed by atoms with Gasteiger partial charge < -0.3 is 14.2 Å². The van der Waals surface area contributed by atoms with E-state index in [1.807, 2.05) is 0 Å². The van der Waals surface area contributed by atoms with Gasteiger partial charge in [-0.15, -0.1) is 0 Å². The van der Waals surface area contributed by atoms with Crippen molar-refractivity contribution in [3.8, 4) is 0 Å². The molecule has 0 amide bonds. The first-order chi connectivity index (χ1) is 31.6. The van der Waals surface area contributed by atoms with Crippen LogP contribution in [0.3, 0.4) is 0 Å². The average molecular weight is 920 g/mol. The SMILES string of the molecule is CCC(C)CCCCCCCCCCCCCCCCC(=O)OC[C@@H](COC(=O)CCCCCCCCCCC(C)C)OC(=O)CCCCCCCCCCCCCCCCCC(C)C. The fourth-order valence-corrected chi connectivity index (χ4v) is 8.97. The number of ether oxygens (including phenoxy) is 3. The molecule has 0 radical (unpaired) electrons. The molecule has 0 aromatic heterocycles. The van der Waals surface area contributed by atoms with Gasteiger partial charge >= 0.3 is 17.9 Å². The summed E-state index contributed by atoms with van der Waals surface area (Å²) in [5.74, 6) is 1.69. The van der Waals surface area contributed by atoms with Gasteiger partial charge in [0.15, 0.2) is 6.10 Å². The molecule has 0 rings (SSSR count). The normalized spacial score (nSPS) is 12.6. The summed E-state index contributed by atoms with van der Waals surface area (Å²) in [4.78, 5) is 38.1. The van der Waals surface area contributed by atoms with Gasteiger partial charge in [0.25, 0.3) is 0 Å². The Morgan fingerprint density at radius 1 is 0.308 bits per heavy atom. The van der Waals surface area contributed by atoms with E-state index in [0.29, 0.717) is 19.3 Å². The molecule has 0 aromatic carbocycles. The van der Waals surface area contributed by atoms with Gasteiger partial charge in [0, 0.05) is 19.3 Å². The Balaban J connectivity index is 4.27. The Bertz CT molecular complexity index is 1010. The second kappa shape index (κ2) is 50.3. The Kier molecular flexibility index (Phi) is 49.1.